The van der Waals surface area contributed by atoms with Crippen LogP contribution in [0.5, 0.6) is 0 Å². The van der Waals surface area contributed by atoms with Crippen molar-refractivity contribution in [2.75, 3.05) is 0 Å². The van der Waals surface area contributed by atoms with Gasteiger partial charge in [0.25, 0.3) is 0 Å². The van der Waals surface area contributed by atoms with E-state index >= 15 is 0 Å². The van der Waals surface area contributed by atoms with Crippen LogP contribution in [0.25, 0.3) is 10.2 Å². The largest absolute Gasteiger partial charge is 0.433 e. The van der Waals surface area contributed by atoms with Gasteiger partial charge in [-0.2, -0.15) is 13.2 Å². The molecule has 16 heavy (non-hydrogen) atoms. The van der Waals surface area contributed by atoms with Gasteiger partial charge in [0.15, 0.2) is 0 Å². The van der Waals surface area contributed by atoms with Gasteiger partial charge >= 0.3 is 6.18 Å². The van der Waals surface area contributed by atoms with Crippen molar-refractivity contribution < 1.29 is 13.2 Å². The van der Waals surface area contributed by atoms with Gasteiger partial charge in [-0.1, -0.05) is 13.8 Å². The minimum atomic E-state index is -4.40. The molecule has 0 amide bonds. The highest BCUT2D eigenvalue weighted by Crippen LogP contribution is 2.30. The van der Waals surface area contributed by atoms with E-state index in [-0.39, 0.29) is 0 Å². The molecule has 0 radical (unpaired) electrons. The lowest BCUT2D eigenvalue weighted by molar-refractivity contribution is -0.141. The minimum Gasteiger partial charge on any atom is -0.250 e. The molecule has 0 saturated heterocycles. The molecule has 2 aromatic rings. The van der Waals surface area contributed by atoms with E-state index in [9.17, 15) is 13.2 Å². The van der Waals surface area contributed by atoms with Crippen molar-refractivity contribution in [2.45, 2.75) is 26.9 Å². The van der Waals surface area contributed by atoms with Gasteiger partial charge in [-0.25, -0.2) is 4.98 Å². The van der Waals surface area contributed by atoms with E-state index in [1.165, 1.54) is 17.5 Å². The zero-order chi connectivity index (χ0) is 12.3. The van der Waals surface area contributed by atoms with Crippen LogP contribution in [0.3, 0.4) is 0 Å². The molecule has 2 heterocycles. The first-order valence-corrected chi connectivity index (χ1v) is 5.59. The molecule has 0 spiro atoms. The van der Waals surface area contributed by atoms with Gasteiger partial charge in [0.2, 0.25) is 0 Å². The normalized spacial score (nSPS) is 11.1. The molecule has 0 atom stereocenters. The Kier molecular flexibility index (Phi) is 3.85. The summed E-state index contributed by atoms with van der Waals surface area (Å²) >= 11 is 1.33. The molecule has 6 heteroatoms. The second-order valence-corrected chi connectivity index (χ2v) is 4.00. The third-order valence-corrected chi connectivity index (χ3v) is 2.59. The molecule has 0 bridgehead atoms. The summed E-state index contributed by atoms with van der Waals surface area (Å²) in [6.45, 7) is 5.75. The summed E-state index contributed by atoms with van der Waals surface area (Å²) in [7, 11) is 0. The number of thiazole rings is 1. The number of aryl methyl sites for hydroxylation is 1. The van der Waals surface area contributed by atoms with Crippen LogP contribution in [-0.4, -0.2) is 9.97 Å². The third kappa shape index (κ3) is 2.69. The average molecular weight is 248 g/mol. The Morgan fingerprint density at radius 3 is 2.44 bits per heavy atom. The first-order chi connectivity index (χ1) is 7.47. The summed E-state index contributed by atoms with van der Waals surface area (Å²) in [6.07, 6.45) is -3.19. The number of alkyl halides is 3. The highest BCUT2D eigenvalue weighted by atomic mass is 32.1. The monoisotopic (exact) mass is 248 g/mol. The molecule has 0 aliphatic heterocycles. The van der Waals surface area contributed by atoms with E-state index in [2.05, 4.69) is 9.97 Å². The first-order valence-electron chi connectivity index (χ1n) is 4.77. The maximum absolute atomic E-state index is 12.2. The van der Waals surface area contributed by atoms with Crippen molar-refractivity contribution in [3.63, 3.8) is 0 Å². The average Bonchev–Trinajstić information content (AvgIpc) is 2.58. The molecule has 0 aromatic carbocycles. The number of hydrogen-bond donors (Lipinski definition) is 0. The van der Waals surface area contributed by atoms with Crippen LogP contribution in [0.2, 0.25) is 0 Å². The fourth-order valence-corrected chi connectivity index (χ4v) is 1.88. The van der Waals surface area contributed by atoms with Gasteiger partial charge in [-0.3, -0.25) is 4.98 Å². The molecule has 0 aliphatic rings. The van der Waals surface area contributed by atoms with Crippen molar-refractivity contribution in [2.24, 2.45) is 0 Å². The third-order valence-electron chi connectivity index (χ3n) is 1.67. The Bertz CT molecular complexity index is 476. The van der Waals surface area contributed by atoms with Gasteiger partial charge in [-0.05, 0) is 13.0 Å². The van der Waals surface area contributed by atoms with Gasteiger partial charge in [0, 0.05) is 6.20 Å². The molecule has 0 N–H and O–H groups in total. The summed E-state index contributed by atoms with van der Waals surface area (Å²) in [5, 5.41) is 0.737. The molecule has 0 unspecified atom stereocenters. The van der Waals surface area contributed by atoms with Crippen molar-refractivity contribution in [1.82, 2.24) is 9.97 Å². The quantitative estimate of drug-likeness (QED) is 0.703. The van der Waals surface area contributed by atoms with Crippen LogP contribution in [0.15, 0.2) is 12.3 Å². The summed E-state index contributed by atoms with van der Waals surface area (Å²) in [5.74, 6) is 0. The Balaban J connectivity index is 0.000000606. The molecule has 0 saturated carbocycles. The Morgan fingerprint density at radius 2 is 1.88 bits per heavy atom. The van der Waals surface area contributed by atoms with Crippen molar-refractivity contribution in [3.8, 4) is 0 Å². The highest BCUT2D eigenvalue weighted by Gasteiger charge is 2.32. The first kappa shape index (κ1) is 12.9. The summed E-state index contributed by atoms with van der Waals surface area (Å²) in [6, 6.07) is 0.971. The van der Waals surface area contributed by atoms with Crippen LogP contribution >= 0.6 is 11.3 Å². The van der Waals surface area contributed by atoms with Crippen molar-refractivity contribution in [1.29, 1.82) is 0 Å². The van der Waals surface area contributed by atoms with E-state index in [1.807, 2.05) is 13.8 Å². The summed E-state index contributed by atoms with van der Waals surface area (Å²) < 4.78 is 37.4. The fourth-order valence-electron chi connectivity index (χ4n) is 1.10. The Labute approximate surface area is 95.2 Å². The second-order valence-electron chi connectivity index (χ2n) is 2.77. The number of aromatic nitrogens is 2. The second kappa shape index (κ2) is 4.78. The molecule has 88 valence electrons. The lowest BCUT2D eigenvalue weighted by atomic mass is 10.3. The zero-order valence-corrected chi connectivity index (χ0v) is 9.91. The molecule has 2 nitrogen and oxygen atoms in total. The van der Waals surface area contributed by atoms with Crippen LogP contribution in [0.4, 0.5) is 13.2 Å². The van der Waals surface area contributed by atoms with Crippen LogP contribution < -0.4 is 0 Å². The van der Waals surface area contributed by atoms with E-state index < -0.39 is 11.9 Å². The molecule has 0 aliphatic carbocycles. The van der Waals surface area contributed by atoms with Crippen LogP contribution in [-0.2, 0) is 6.18 Å². The van der Waals surface area contributed by atoms with E-state index in [4.69, 9.17) is 0 Å². The highest BCUT2D eigenvalue weighted by molar-refractivity contribution is 7.18. The zero-order valence-electron chi connectivity index (χ0n) is 9.09. The predicted octanol–water partition coefficient (Wildman–Crippen LogP) is 4.04. The van der Waals surface area contributed by atoms with Crippen LogP contribution in [0.1, 0.15) is 24.5 Å². The summed E-state index contributed by atoms with van der Waals surface area (Å²) in [5.41, 5.74) is -0.537. The SMILES string of the molecule is CC.Cc1nc2cc(C(F)(F)F)ncc2s1. The van der Waals surface area contributed by atoms with Gasteiger partial charge in [0.1, 0.15) is 5.69 Å². The Hall–Kier alpha value is -1.17. The minimum absolute atomic E-state index is 0.356. The topological polar surface area (TPSA) is 25.8 Å². The van der Waals surface area contributed by atoms with Gasteiger partial charge < -0.3 is 0 Å². The maximum atomic E-state index is 12.2. The number of halogens is 3. The smallest absolute Gasteiger partial charge is 0.250 e. The number of rotatable bonds is 0. The number of pyridine rings is 1. The van der Waals surface area contributed by atoms with Gasteiger partial charge in [0.05, 0.1) is 15.2 Å². The Morgan fingerprint density at radius 1 is 1.25 bits per heavy atom. The summed E-state index contributed by atoms with van der Waals surface area (Å²) in [4.78, 5) is 7.30. The standard InChI is InChI=1S/C8H5F3N2S.C2H6/c1-4-13-5-2-7(8(9,10)11)12-3-6(5)14-4;1-2/h2-3H,1H3;1-2H3. The number of hydrogen-bond acceptors (Lipinski definition) is 3. The molecule has 0 fully saturated rings. The maximum Gasteiger partial charge on any atom is 0.433 e. The lowest BCUT2D eigenvalue weighted by Crippen LogP contribution is -2.06. The number of fused-ring (bicyclic) bond motifs is 1. The van der Waals surface area contributed by atoms with E-state index in [0.29, 0.717) is 10.2 Å². The van der Waals surface area contributed by atoms with Crippen LogP contribution in [0, 0.1) is 6.92 Å². The molecular formula is C10H11F3N2S. The van der Waals surface area contributed by atoms with Crippen molar-refractivity contribution >= 4 is 21.6 Å². The lowest BCUT2D eigenvalue weighted by Gasteiger charge is -2.03. The molecule has 2 rings (SSSR count). The molecule has 2 aromatic heterocycles. The van der Waals surface area contributed by atoms with E-state index in [0.717, 1.165) is 11.1 Å². The predicted molar refractivity (Wildman–Crippen MR) is 58.5 cm³/mol. The van der Waals surface area contributed by atoms with E-state index in [1.54, 1.807) is 6.92 Å². The number of nitrogens with zero attached hydrogens (tertiary/aromatic N) is 2. The molecular weight excluding hydrogens is 237 g/mol. The van der Waals surface area contributed by atoms with Gasteiger partial charge in [-0.15, -0.1) is 11.3 Å². The fraction of sp³-hybridized carbons (Fsp3) is 0.400. The van der Waals surface area contributed by atoms with Crippen molar-refractivity contribution in [3.05, 3.63) is 23.0 Å².